The van der Waals surface area contributed by atoms with Crippen LogP contribution in [0.2, 0.25) is 0 Å². The van der Waals surface area contributed by atoms with E-state index in [1.807, 2.05) is 24.0 Å². The number of hydrogen-bond donors (Lipinski definition) is 3. The quantitative estimate of drug-likeness (QED) is 0.525. The highest BCUT2D eigenvalue weighted by Gasteiger charge is 2.35. The number of rotatable bonds is 4. The molecule has 1 atom stereocenters. The predicted octanol–water partition coefficient (Wildman–Crippen LogP) is 4.25. The SMILES string of the molecule is Cc1snc2sc(C(=O)Nc3cc(C4CCCCN4C(=O)C4CCC(O)CC4)[nH]n3)cc12. The van der Waals surface area contributed by atoms with E-state index in [9.17, 15) is 14.7 Å². The van der Waals surface area contributed by atoms with Crippen molar-refractivity contribution in [2.75, 3.05) is 11.9 Å². The average Bonchev–Trinajstić information content (AvgIpc) is 3.52. The van der Waals surface area contributed by atoms with Crippen molar-refractivity contribution in [2.45, 2.75) is 64.0 Å². The number of aryl methyl sites for hydroxylation is 1. The monoisotopic (exact) mass is 473 g/mol. The maximum atomic E-state index is 13.2. The molecule has 5 rings (SSSR count). The third-order valence-corrected chi connectivity index (χ3v) is 8.52. The number of likely N-dealkylation sites (tertiary alicyclic amines) is 1. The molecular formula is C22H27N5O3S2. The highest BCUT2D eigenvalue weighted by Crippen LogP contribution is 2.35. The normalized spacial score (nSPS) is 24.1. The number of carbonyl (C=O) groups is 2. The van der Waals surface area contributed by atoms with E-state index in [1.54, 1.807) is 0 Å². The lowest BCUT2D eigenvalue weighted by atomic mass is 9.85. The lowest BCUT2D eigenvalue weighted by molar-refractivity contribution is -0.141. The first kappa shape index (κ1) is 21.5. The molecule has 2 aliphatic rings. The summed E-state index contributed by atoms with van der Waals surface area (Å²) < 4.78 is 4.37. The maximum absolute atomic E-state index is 13.2. The van der Waals surface area contributed by atoms with Gasteiger partial charge in [0, 0.05) is 28.8 Å². The number of aliphatic hydroxyl groups is 1. The number of hydrogen-bond acceptors (Lipinski definition) is 7. The van der Waals surface area contributed by atoms with Crippen LogP contribution in [0.25, 0.3) is 10.2 Å². The number of aromatic amines is 1. The molecular weight excluding hydrogens is 446 g/mol. The van der Waals surface area contributed by atoms with Crippen LogP contribution in [-0.4, -0.2) is 49.0 Å². The number of anilines is 1. The van der Waals surface area contributed by atoms with Crippen LogP contribution in [0.5, 0.6) is 0 Å². The lowest BCUT2D eigenvalue weighted by Gasteiger charge is -2.38. The summed E-state index contributed by atoms with van der Waals surface area (Å²) >= 11 is 2.83. The zero-order valence-corrected chi connectivity index (χ0v) is 19.6. The summed E-state index contributed by atoms with van der Waals surface area (Å²) in [5.74, 6) is 0.436. The summed E-state index contributed by atoms with van der Waals surface area (Å²) in [5, 5.41) is 21.0. The van der Waals surface area contributed by atoms with Crippen LogP contribution in [0.15, 0.2) is 12.1 Å². The summed E-state index contributed by atoms with van der Waals surface area (Å²) in [6.45, 7) is 2.74. The summed E-state index contributed by atoms with van der Waals surface area (Å²) in [6, 6.07) is 3.67. The number of nitrogens with zero attached hydrogens (tertiary/aromatic N) is 3. The lowest BCUT2D eigenvalue weighted by Crippen LogP contribution is -2.43. The van der Waals surface area contributed by atoms with Gasteiger partial charge >= 0.3 is 0 Å². The molecule has 0 aromatic carbocycles. The van der Waals surface area contributed by atoms with Crippen LogP contribution < -0.4 is 5.32 Å². The molecule has 1 unspecified atom stereocenters. The molecule has 1 saturated carbocycles. The summed E-state index contributed by atoms with van der Waals surface area (Å²) in [5.41, 5.74) is 0.855. The third kappa shape index (κ3) is 4.18. The minimum Gasteiger partial charge on any atom is -0.393 e. The van der Waals surface area contributed by atoms with E-state index < -0.39 is 0 Å². The van der Waals surface area contributed by atoms with Gasteiger partial charge < -0.3 is 15.3 Å². The van der Waals surface area contributed by atoms with Crippen molar-refractivity contribution in [1.29, 1.82) is 0 Å². The average molecular weight is 474 g/mol. The molecule has 1 aliphatic carbocycles. The third-order valence-electron chi connectivity index (χ3n) is 6.61. The van der Waals surface area contributed by atoms with Gasteiger partial charge in [-0.15, -0.1) is 11.3 Å². The second kappa shape index (κ2) is 8.92. The Labute approximate surface area is 194 Å². The largest absolute Gasteiger partial charge is 0.393 e. The molecule has 0 bridgehead atoms. The molecule has 4 heterocycles. The number of nitrogens with one attached hydrogen (secondary N) is 2. The molecule has 0 spiro atoms. The number of aromatic nitrogens is 3. The van der Waals surface area contributed by atoms with Gasteiger partial charge in [-0.25, -0.2) is 0 Å². The highest BCUT2D eigenvalue weighted by atomic mass is 32.1. The number of amides is 2. The number of aliphatic hydroxyl groups excluding tert-OH is 1. The molecule has 3 aromatic rings. The number of H-pyrrole nitrogens is 1. The number of fused-ring (bicyclic) bond motifs is 1. The van der Waals surface area contributed by atoms with Crippen molar-refractivity contribution in [2.24, 2.45) is 5.92 Å². The molecule has 32 heavy (non-hydrogen) atoms. The topological polar surface area (TPSA) is 111 Å². The van der Waals surface area contributed by atoms with Crippen LogP contribution in [0.1, 0.15) is 71.2 Å². The van der Waals surface area contributed by atoms with Gasteiger partial charge in [0.15, 0.2) is 5.82 Å². The summed E-state index contributed by atoms with van der Waals surface area (Å²) in [7, 11) is 0. The first-order chi connectivity index (χ1) is 15.5. The molecule has 0 radical (unpaired) electrons. The molecule has 3 aromatic heterocycles. The fourth-order valence-electron chi connectivity index (χ4n) is 4.80. The van der Waals surface area contributed by atoms with Gasteiger partial charge in [0.05, 0.1) is 22.7 Å². The standard InChI is InChI=1S/C22H27N5O3S2/c1-12-15-10-18(31-21(15)26-32-12)20(29)23-19-11-16(24-25-19)17-4-2-3-9-27(17)22(30)13-5-7-14(28)8-6-13/h10-11,13-14,17,28H,2-9H2,1H3,(H2,23,24,25,29). The molecule has 2 fully saturated rings. The molecule has 170 valence electrons. The van der Waals surface area contributed by atoms with Crippen molar-refractivity contribution >= 4 is 50.7 Å². The van der Waals surface area contributed by atoms with E-state index in [1.165, 1.54) is 22.9 Å². The minimum atomic E-state index is -0.270. The zero-order valence-electron chi connectivity index (χ0n) is 18.0. The van der Waals surface area contributed by atoms with Crippen molar-refractivity contribution in [3.05, 3.63) is 27.6 Å². The van der Waals surface area contributed by atoms with Crippen molar-refractivity contribution in [3.63, 3.8) is 0 Å². The molecule has 10 heteroatoms. The van der Waals surface area contributed by atoms with E-state index in [0.29, 0.717) is 23.5 Å². The first-order valence-corrected chi connectivity index (χ1v) is 12.8. The Morgan fingerprint density at radius 2 is 2.00 bits per heavy atom. The fraction of sp³-hybridized carbons (Fsp3) is 0.545. The van der Waals surface area contributed by atoms with Crippen molar-refractivity contribution in [3.8, 4) is 0 Å². The van der Waals surface area contributed by atoms with E-state index >= 15 is 0 Å². The Bertz CT molecular complexity index is 1130. The fourth-order valence-corrected chi connectivity index (χ4v) is 6.55. The number of carbonyl (C=O) groups excluding carboxylic acids is 2. The van der Waals surface area contributed by atoms with Gasteiger partial charge in [0.25, 0.3) is 5.91 Å². The van der Waals surface area contributed by atoms with Gasteiger partial charge in [0.2, 0.25) is 5.91 Å². The maximum Gasteiger partial charge on any atom is 0.267 e. The van der Waals surface area contributed by atoms with E-state index in [2.05, 4.69) is 19.9 Å². The number of piperidine rings is 1. The van der Waals surface area contributed by atoms with Crippen LogP contribution >= 0.6 is 22.9 Å². The van der Waals surface area contributed by atoms with Gasteiger partial charge in [-0.3, -0.25) is 14.7 Å². The first-order valence-electron chi connectivity index (χ1n) is 11.2. The van der Waals surface area contributed by atoms with Crippen LogP contribution in [0, 0.1) is 12.8 Å². The Balaban J connectivity index is 1.28. The Kier molecular flexibility index (Phi) is 6.00. The van der Waals surface area contributed by atoms with Crippen molar-refractivity contribution < 1.29 is 14.7 Å². The Morgan fingerprint density at radius 3 is 2.78 bits per heavy atom. The molecule has 8 nitrogen and oxygen atoms in total. The van der Waals surface area contributed by atoms with E-state index in [4.69, 9.17) is 0 Å². The molecule has 1 aliphatic heterocycles. The van der Waals surface area contributed by atoms with Crippen LogP contribution in [0.4, 0.5) is 5.82 Å². The van der Waals surface area contributed by atoms with E-state index in [-0.39, 0.29) is 29.9 Å². The minimum absolute atomic E-state index is 0.00860. The number of thiophene rings is 1. The van der Waals surface area contributed by atoms with Crippen LogP contribution in [0.3, 0.4) is 0 Å². The zero-order chi connectivity index (χ0) is 22.2. The second-order valence-electron chi connectivity index (χ2n) is 8.78. The molecule has 1 saturated heterocycles. The summed E-state index contributed by atoms with van der Waals surface area (Å²) in [6.07, 6.45) is 5.56. The van der Waals surface area contributed by atoms with Crippen molar-refractivity contribution in [1.82, 2.24) is 19.5 Å². The summed E-state index contributed by atoms with van der Waals surface area (Å²) in [4.78, 5) is 30.5. The smallest absolute Gasteiger partial charge is 0.267 e. The van der Waals surface area contributed by atoms with E-state index in [0.717, 1.165) is 59.4 Å². The van der Waals surface area contributed by atoms with Gasteiger partial charge in [0.1, 0.15) is 4.83 Å². The second-order valence-corrected chi connectivity index (χ2v) is 10.8. The predicted molar refractivity (Wildman–Crippen MR) is 125 cm³/mol. The highest BCUT2D eigenvalue weighted by molar-refractivity contribution is 7.22. The van der Waals surface area contributed by atoms with Gasteiger partial charge in [-0.2, -0.15) is 9.47 Å². The Morgan fingerprint density at radius 1 is 1.19 bits per heavy atom. The van der Waals surface area contributed by atoms with Crippen LogP contribution in [-0.2, 0) is 4.79 Å². The van der Waals surface area contributed by atoms with Gasteiger partial charge in [-0.05, 0) is 69.5 Å². The van der Waals surface area contributed by atoms with Gasteiger partial charge in [-0.1, -0.05) is 0 Å². The molecule has 2 amide bonds. The molecule has 3 N–H and O–H groups in total. The Hall–Kier alpha value is -2.30.